The van der Waals surface area contributed by atoms with Crippen LogP contribution in [0.4, 0.5) is 0 Å². The summed E-state index contributed by atoms with van der Waals surface area (Å²) in [7, 11) is 1.59. The number of nitrogens with zero attached hydrogens (tertiary/aromatic N) is 2. The first-order valence-corrected chi connectivity index (χ1v) is 7.14. The molecular formula is C18H14N2O4. The Labute approximate surface area is 137 Å². The SMILES string of the molecule is COc1ccc(/C=N/N=C/c2c(O)c3ccccc3oc2=O)cc1. The lowest BCUT2D eigenvalue weighted by Gasteiger charge is -2.01. The predicted molar refractivity (Wildman–Crippen MR) is 92.3 cm³/mol. The molecule has 6 nitrogen and oxygen atoms in total. The zero-order valence-corrected chi connectivity index (χ0v) is 12.8. The Morgan fingerprint density at radius 2 is 1.75 bits per heavy atom. The predicted octanol–water partition coefficient (Wildman–Crippen LogP) is 2.96. The summed E-state index contributed by atoms with van der Waals surface area (Å²) >= 11 is 0. The average molecular weight is 322 g/mol. The van der Waals surface area contributed by atoms with Crippen molar-refractivity contribution in [3.63, 3.8) is 0 Å². The third kappa shape index (κ3) is 3.17. The lowest BCUT2D eigenvalue weighted by atomic mass is 10.1. The molecule has 3 rings (SSSR count). The summed E-state index contributed by atoms with van der Waals surface area (Å²) in [5, 5.41) is 18.3. The van der Waals surface area contributed by atoms with Crippen LogP contribution in [0, 0.1) is 0 Å². The van der Waals surface area contributed by atoms with Crippen LogP contribution in [-0.4, -0.2) is 24.6 Å². The van der Waals surface area contributed by atoms with Crippen molar-refractivity contribution >= 4 is 23.4 Å². The Morgan fingerprint density at radius 1 is 1.04 bits per heavy atom. The molecule has 2 aromatic carbocycles. The molecule has 3 aromatic rings. The molecule has 1 N–H and O–H groups in total. The van der Waals surface area contributed by atoms with E-state index >= 15 is 0 Å². The maximum Gasteiger partial charge on any atom is 0.349 e. The van der Waals surface area contributed by atoms with Gasteiger partial charge in [-0.25, -0.2) is 4.79 Å². The van der Waals surface area contributed by atoms with Gasteiger partial charge in [-0.1, -0.05) is 12.1 Å². The molecule has 0 aliphatic heterocycles. The lowest BCUT2D eigenvalue weighted by molar-refractivity contribution is 0.415. The molecule has 1 aromatic heterocycles. The molecule has 0 unspecified atom stereocenters. The summed E-state index contributed by atoms with van der Waals surface area (Å²) in [6.07, 6.45) is 2.70. The molecule has 0 spiro atoms. The number of para-hydroxylation sites is 1. The molecule has 0 saturated carbocycles. The Morgan fingerprint density at radius 3 is 2.50 bits per heavy atom. The third-order valence-electron chi connectivity index (χ3n) is 3.40. The first-order chi connectivity index (χ1) is 11.7. The van der Waals surface area contributed by atoms with E-state index in [9.17, 15) is 9.90 Å². The van der Waals surface area contributed by atoms with Crippen LogP contribution in [0.5, 0.6) is 11.5 Å². The van der Waals surface area contributed by atoms with E-state index in [-0.39, 0.29) is 11.3 Å². The molecule has 1 heterocycles. The molecule has 0 amide bonds. The van der Waals surface area contributed by atoms with Crippen LogP contribution in [-0.2, 0) is 0 Å². The van der Waals surface area contributed by atoms with E-state index in [4.69, 9.17) is 9.15 Å². The minimum atomic E-state index is -0.672. The second kappa shape index (κ2) is 6.78. The molecular weight excluding hydrogens is 308 g/mol. The fraction of sp³-hybridized carbons (Fsp3) is 0.0556. The lowest BCUT2D eigenvalue weighted by Crippen LogP contribution is -2.06. The molecule has 0 saturated heterocycles. The van der Waals surface area contributed by atoms with Gasteiger partial charge in [0.25, 0.3) is 0 Å². The number of aromatic hydroxyl groups is 1. The van der Waals surface area contributed by atoms with Crippen LogP contribution in [0.15, 0.2) is 67.9 Å². The Hall–Kier alpha value is -3.41. The zero-order chi connectivity index (χ0) is 16.9. The van der Waals surface area contributed by atoms with Gasteiger partial charge < -0.3 is 14.3 Å². The third-order valence-corrected chi connectivity index (χ3v) is 3.40. The maximum absolute atomic E-state index is 11.9. The Bertz CT molecular complexity index is 972. The average Bonchev–Trinajstić information content (AvgIpc) is 2.61. The highest BCUT2D eigenvalue weighted by Gasteiger charge is 2.11. The number of fused-ring (bicyclic) bond motifs is 1. The van der Waals surface area contributed by atoms with E-state index in [2.05, 4.69) is 10.2 Å². The van der Waals surface area contributed by atoms with Crippen LogP contribution < -0.4 is 10.4 Å². The summed E-state index contributed by atoms with van der Waals surface area (Å²) in [6.45, 7) is 0. The van der Waals surface area contributed by atoms with Crippen molar-refractivity contribution in [1.29, 1.82) is 0 Å². The van der Waals surface area contributed by atoms with Gasteiger partial charge in [0.1, 0.15) is 22.6 Å². The highest BCUT2D eigenvalue weighted by atomic mass is 16.5. The van der Waals surface area contributed by atoms with Gasteiger partial charge in [-0.3, -0.25) is 0 Å². The van der Waals surface area contributed by atoms with Crippen molar-refractivity contribution in [2.24, 2.45) is 10.2 Å². The van der Waals surface area contributed by atoms with Crippen LogP contribution >= 0.6 is 0 Å². The van der Waals surface area contributed by atoms with Gasteiger partial charge in [-0.15, -0.1) is 0 Å². The molecule has 0 bridgehead atoms. The van der Waals surface area contributed by atoms with Crippen molar-refractivity contribution in [1.82, 2.24) is 0 Å². The number of ether oxygens (including phenoxy) is 1. The second-order valence-corrected chi connectivity index (χ2v) is 4.91. The van der Waals surface area contributed by atoms with E-state index in [1.54, 1.807) is 43.5 Å². The van der Waals surface area contributed by atoms with Crippen molar-refractivity contribution in [2.45, 2.75) is 0 Å². The van der Waals surface area contributed by atoms with Crippen molar-refractivity contribution < 1.29 is 14.3 Å². The zero-order valence-electron chi connectivity index (χ0n) is 12.8. The molecule has 120 valence electrons. The summed E-state index contributed by atoms with van der Waals surface area (Å²) in [6, 6.07) is 14.0. The molecule has 0 fully saturated rings. The smallest absolute Gasteiger partial charge is 0.349 e. The number of hydrogen-bond acceptors (Lipinski definition) is 6. The molecule has 6 heteroatoms. The normalized spacial score (nSPS) is 11.5. The first kappa shape index (κ1) is 15.5. The van der Waals surface area contributed by atoms with E-state index in [0.29, 0.717) is 11.0 Å². The van der Waals surface area contributed by atoms with Crippen molar-refractivity contribution in [3.05, 3.63) is 70.1 Å². The molecule has 0 radical (unpaired) electrons. The molecule has 0 aliphatic carbocycles. The monoisotopic (exact) mass is 322 g/mol. The van der Waals surface area contributed by atoms with E-state index in [0.717, 1.165) is 11.3 Å². The van der Waals surface area contributed by atoms with Crippen LogP contribution in [0.1, 0.15) is 11.1 Å². The minimum Gasteiger partial charge on any atom is -0.506 e. The van der Waals surface area contributed by atoms with Crippen molar-refractivity contribution in [2.75, 3.05) is 7.11 Å². The fourth-order valence-corrected chi connectivity index (χ4v) is 2.14. The molecule has 0 aliphatic rings. The van der Waals surface area contributed by atoms with Gasteiger partial charge >= 0.3 is 5.63 Å². The van der Waals surface area contributed by atoms with Gasteiger partial charge in [-0.05, 0) is 42.0 Å². The summed E-state index contributed by atoms with van der Waals surface area (Å²) in [4.78, 5) is 11.9. The summed E-state index contributed by atoms with van der Waals surface area (Å²) < 4.78 is 10.2. The largest absolute Gasteiger partial charge is 0.506 e. The first-order valence-electron chi connectivity index (χ1n) is 7.14. The second-order valence-electron chi connectivity index (χ2n) is 4.91. The standard InChI is InChI=1S/C18H14N2O4/c1-23-13-8-6-12(7-9-13)10-19-20-11-15-17(21)14-4-2-3-5-16(14)24-18(15)22/h2-11,21H,1H3/b19-10+,20-11+. The fourth-order valence-electron chi connectivity index (χ4n) is 2.14. The Kier molecular flexibility index (Phi) is 4.38. The van der Waals surface area contributed by atoms with Crippen LogP contribution in [0.25, 0.3) is 11.0 Å². The number of methoxy groups -OCH3 is 1. The highest BCUT2D eigenvalue weighted by molar-refractivity contribution is 5.93. The number of benzene rings is 2. The topological polar surface area (TPSA) is 84.4 Å². The minimum absolute atomic E-state index is 0.0411. The Balaban J connectivity index is 1.85. The molecule has 24 heavy (non-hydrogen) atoms. The van der Waals surface area contributed by atoms with Crippen LogP contribution in [0.3, 0.4) is 0 Å². The summed E-state index contributed by atoms with van der Waals surface area (Å²) in [5.41, 5.74) is 0.428. The maximum atomic E-state index is 11.9. The van der Waals surface area contributed by atoms with Crippen LogP contribution in [0.2, 0.25) is 0 Å². The van der Waals surface area contributed by atoms with E-state index < -0.39 is 5.63 Å². The van der Waals surface area contributed by atoms with Gasteiger partial charge in [0.15, 0.2) is 0 Å². The van der Waals surface area contributed by atoms with Gasteiger partial charge in [-0.2, -0.15) is 10.2 Å². The van der Waals surface area contributed by atoms with E-state index in [1.807, 2.05) is 12.1 Å². The number of rotatable bonds is 4. The van der Waals surface area contributed by atoms with Gasteiger partial charge in [0, 0.05) is 0 Å². The van der Waals surface area contributed by atoms with Gasteiger partial charge in [0.2, 0.25) is 0 Å². The number of hydrogen-bond donors (Lipinski definition) is 1. The van der Waals surface area contributed by atoms with Crippen molar-refractivity contribution in [3.8, 4) is 11.5 Å². The van der Waals surface area contributed by atoms with E-state index in [1.165, 1.54) is 12.4 Å². The quantitative estimate of drug-likeness (QED) is 0.455. The summed E-state index contributed by atoms with van der Waals surface area (Å²) in [5.74, 6) is 0.569. The van der Waals surface area contributed by atoms with Gasteiger partial charge in [0.05, 0.1) is 24.9 Å². The highest BCUT2D eigenvalue weighted by Crippen LogP contribution is 2.24. The molecule has 0 atom stereocenters.